The minimum Gasteiger partial charge on any atom is -0.489 e. The number of aliphatic imine (C=N–C) groups is 1. The Morgan fingerprint density at radius 3 is 2.76 bits per heavy atom. The van der Waals surface area contributed by atoms with Gasteiger partial charge in [0.2, 0.25) is 0 Å². The summed E-state index contributed by atoms with van der Waals surface area (Å²) in [6, 6.07) is 8.86. The maximum Gasteiger partial charge on any atom is 0.193 e. The van der Waals surface area contributed by atoms with Gasteiger partial charge in [-0.25, -0.2) is 0 Å². The van der Waals surface area contributed by atoms with Gasteiger partial charge < -0.3 is 15.0 Å². The molecule has 138 valence electrons. The predicted molar refractivity (Wildman–Crippen MR) is 103 cm³/mol. The van der Waals surface area contributed by atoms with E-state index < -0.39 is 0 Å². The van der Waals surface area contributed by atoms with Gasteiger partial charge in [0, 0.05) is 26.2 Å². The molecule has 2 unspecified atom stereocenters. The Balaban J connectivity index is 1.47. The Bertz CT molecular complexity index is 583. The lowest BCUT2D eigenvalue weighted by Crippen LogP contribution is -2.45. The molecule has 2 fully saturated rings. The molecule has 1 aromatic carbocycles. The Morgan fingerprint density at radius 2 is 2.04 bits per heavy atom. The van der Waals surface area contributed by atoms with Gasteiger partial charge in [0.15, 0.2) is 5.96 Å². The molecule has 0 bridgehead atoms. The summed E-state index contributed by atoms with van der Waals surface area (Å²) < 4.78 is 6.06. The summed E-state index contributed by atoms with van der Waals surface area (Å²) in [6.45, 7) is 9.66. The molecule has 5 heteroatoms. The zero-order valence-electron chi connectivity index (χ0n) is 15.9. The summed E-state index contributed by atoms with van der Waals surface area (Å²) in [5.41, 5.74) is 1.17. The lowest BCUT2D eigenvalue weighted by Gasteiger charge is -2.26. The number of benzene rings is 1. The van der Waals surface area contributed by atoms with Crippen molar-refractivity contribution in [1.29, 1.82) is 0 Å². The van der Waals surface area contributed by atoms with E-state index in [9.17, 15) is 0 Å². The SMILES string of the molecule is CN=C(NCC(C)Oc1ccccc1C)N1CCC(N2CCCC2)C1. The molecule has 2 saturated heterocycles. The number of rotatable bonds is 5. The first-order valence-corrected chi connectivity index (χ1v) is 9.59. The van der Waals surface area contributed by atoms with E-state index >= 15 is 0 Å². The highest BCUT2D eigenvalue weighted by Crippen LogP contribution is 2.20. The topological polar surface area (TPSA) is 40.1 Å². The zero-order valence-corrected chi connectivity index (χ0v) is 15.9. The lowest BCUT2D eigenvalue weighted by molar-refractivity contribution is 0.220. The van der Waals surface area contributed by atoms with Gasteiger partial charge in [-0.2, -0.15) is 0 Å². The first-order chi connectivity index (χ1) is 12.2. The summed E-state index contributed by atoms with van der Waals surface area (Å²) in [7, 11) is 1.87. The summed E-state index contributed by atoms with van der Waals surface area (Å²) in [4.78, 5) is 9.53. The highest BCUT2D eigenvalue weighted by molar-refractivity contribution is 5.80. The molecular formula is C20H32N4O. The van der Waals surface area contributed by atoms with Crippen LogP contribution in [0.25, 0.3) is 0 Å². The van der Waals surface area contributed by atoms with Gasteiger partial charge in [-0.3, -0.25) is 9.89 Å². The van der Waals surface area contributed by atoms with E-state index in [0.717, 1.165) is 31.3 Å². The molecule has 1 N–H and O–H groups in total. The summed E-state index contributed by atoms with van der Waals surface area (Å²) in [6.07, 6.45) is 4.06. The van der Waals surface area contributed by atoms with Crippen LogP contribution in [0.4, 0.5) is 0 Å². The molecule has 2 atom stereocenters. The van der Waals surface area contributed by atoms with Crippen molar-refractivity contribution >= 4 is 5.96 Å². The van der Waals surface area contributed by atoms with Gasteiger partial charge in [0.05, 0.1) is 6.54 Å². The molecule has 0 spiro atoms. The van der Waals surface area contributed by atoms with Gasteiger partial charge in [-0.05, 0) is 57.8 Å². The smallest absolute Gasteiger partial charge is 0.193 e. The zero-order chi connectivity index (χ0) is 17.6. The number of guanidine groups is 1. The number of nitrogens with zero attached hydrogens (tertiary/aromatic N) is 3. The second kappa shape index (κ2) is 8.56. The van der Waals surface area contributed by atoms with Crippen molar-refractivity contribution in [3.05, 3.63) is 29.8 Å². The Hall–Kier alpha value is -1.75. The number of ether oxygens (including phenoxy) is 1. The van der Waals surface area contributed by atoms with E-state index in [1.807, 2.05) is 25.2 Å². The van der Waals surface area contributed by atoms with Crippen LogP contribution in [-0.2, 0) is 0 Å². The molecule has 0 aliphatic carbocycles. The van der Waals surface area contributed by atoms with Crippen LogP contribution in [0.3, 0.4) is 0 Å². The third kappa shape index (κ3) is 4.66. The van der Waals surface area contributed by atoms with Gasteiger partial charge >= 0.3 is 0 Å². The second-order valence-corrected chi connectivity index (χ2v) is 7.25. The Labute approximate surface area is 152 Å². The Morgan fingerprint density at radius 1 is 1.28 bits per heavy atom. The highest BCUT2D eigenvalue weighted by atomic mass is 16.5. The monoisotopic (exact) mass is 344 g/mol. The van der Waals surface area contributed by atoms with Gasteiger partial charge in [0.25, 0.3) is 0 Å². The molecule has 0 radical (unpaired) electrons. The molecule has 5 nitrogen and oxygen atoms in total. The quantitative estimate of drug-likeness (QED) is 0.658. The minimum atomic E-state index is 0.0924. The number of nitrogens with one attached hydrogen (secondary N) is 1. The van der Waals surface area contributed by atoms with Gasteiger partial charge in [-0.15, -0.1) is 0 Å². The standard InChI is InChI=1S/C20H32N4O/c1-16-8-4-5-9-19(16)25-17(2)14-22-20(21-3)24-13-10-18(15-24)23-11-6-7-12-23/h4-5,8-9,17-18H,6-7,10-15H2,1-3H3,(H,21,22). The molecule has 2 heterocycles. The molecule has 0 aromatic heterocycles. The number of likely N-dealkylation sites (tertiary alicyclic amines) is 2. The number of aryl methyl sites for hydroxylation is 1. The van der Waals surface area contributed by atoms with Crippen LogP contribution < -0.4 is 10.1 Å². The van der Waals surface area contributed by atoms with Crippen LogP contribution in [0.5, 0.6) is 5.75 Å². The van der Waals surface area contributed by atoms with E-state index in [-0.39, 0.29) is 6.10 Å². The third-order valence-corrected chi connectivity index (χ3v) is 5.30. The third-order valence-electron chi connectivity index (χ3n) is 5.30. The van der Waals surface area contributed by atoms with Crippen molar-refractivity contribution < 1.29 is 4.74 Å². The molecule has 2 aliphatic heterocycles. The molecule has 3 rings (SSSR count). The fourth-order valence-corrected chi connectivity index (χ4v) is 3.85. The van der Waals surface area contributed by atoms with E-state index in [4.69, 9.17) is 4.74 Å². The van der Waals surface area contributed by atoms with E-state index in [0.29, 0.717) is 6.04 Å². The lowest BCUT2D eigenvalue weighted by atomic mass is 10.2. The second-order valence-electron chi connectivity index (χ2n) is 7.25. The fraction of sp³-hybridized carbons (Fsp3) is 0.650. The van der Waals surface area contributed by atoms with Crippen LogP contribution in [0.15, 0.2) is 29.3 Å². The normalized spacial score (nSPS) is 23.1. The molecule has 1 aromatic rings. The first kappa shape index (κ1) is 18.1. The van der Waals surface area contributed by atoms with Crippen LogP contribution >= 0.6 is 0 Å². The number of para-hydroxylation sites is 1. The predicted octanol–water partition coefficient (Wildman–Crippen LogP) is 2.51. The van der Waals surface area contributed by atoms with Gasteiger partial charge in [-0.1, -0.05) is 18.2 Å². The van der Waals surface area contributed by atoms with Crippen LogP contribution in [0.2, 0.25) is 0 Å². The maximum atomic E-state index is 6.06. The molecule has 0 saturated carbocycles. The fourth-order valence-electron chi connectivity index (χ4n) is 3.85. The summed E-state index contributed by atoms with van der Waals surface area (Å²) >= 11 is 0. The van der Waals surface area contributed by atoms with E-state index in [1.165, 1.54) is 37.9 Å². The first-order valence-electron chi connectivity index (χ1n) is 9.59. The average molecular weight is 345 g/mol. The molecule has 0 amide bonds. The van der Waals surface area contributed by atoms with E-state index in [1.54, 1.807) is 0 Å². The highest BCUT2D eigenvalue weighted by Gasteiger charge is 2.30. The Kier molecular flexibility index (Phi) is 6.19. The summed E-state index contributed by atoms with van der Waals surface area (Å²) in [5, 5.41) is 3.49. The molecular weight excluding hydrogens is 312 g/mol. The number of hydrogen-bond donors (Lipinski definition) is 1. The van der Waals surface area contributed by atoms with Crippen molar-refractivity contribution in [2.24, 2.45) is 4.99 Å². The molecule has 2 aliphatic rings. The van der Waals surface area contributed by atoms with Crippen molar-refractivity contribution in [2.75, 3.05) is 39.8 Å². The van der Waals surface area contributed by atoms with Crippen molar-refractivity contribution in [1.82, 2.24) is 15.1 Å². The largest absolute Gasteiger partial charge is 0.489 e. The van der Waals surface area contributed by atoms with Crippen molar-refractivity contribution in [3.63, 3.8) is 0 Å². The van der Waals surface area contributed by atoms with Crippen LogP contribution in [0, 0.1) is 6.92 Å². The minimum absolute atomic E-state index is 0.0924. The van der Waals surface area contributed by atoms with Crippen LogP contribution in [-0.4, -0.2) is 67.7 Å². The van der Waals surface area contributed by atoms with Crippen LogP contribution in [0.1, 0.15) is 31.7 Å². The molecule has 25 heavy (non-hydrogen) atoms. The van der Waals surface area contributed by atoms with E-state index in [2.05, 4.69) is 40.0 Å². The van der Waals surface area contributed by atoms with Crippen molar-refractivity contribution in [3.8, 4) is 5.75 Å². The maximum absolute atomic E-state index is 6.06. The summed E-state index contributed by atoms with van der Waals surface area (Å²) in [5.74, 6) is 1.96. The van der Waals surface area contributed by atoms with Crippen molar-refractivity contribution in [2.45, 2.75) is 45.3 Å². The number of hydrogen-bond acceptors (Lipinski definition) is 3. The van der Waals surface area contributed by atoms with Gasteiger partial charge in [0.1, 0.15) is 11.9 Å². The average Bonchev–Trinajstić information content (AvgIpc) is 3.29.